The molecular formula is C15H20N2O3S. The van der Waals surface area contributed by atoms with E-state index in [1.54, 1.807) is 24.3 Å². The summed E-state index contributed by atoms with van der Waals surface area (Å²) in [5.74, 6) is 0.0201. The van der Waals surface area contributed by atoms with Crippen LogP contribution in [0.15, 0.2) is 29.2 Å². The van der Waals surface area contributed by atoms with Crippen LogP contribution in [0.1, 0.15) is 30.1 Å². The number of ether oxygens (including phenoxy) is 1. The third kappa shape index (κ3) is 2.81. The van der Waals surface area contributed by atoms with E-state index in [9.17, 15) is 9.00 Å². The first-order chi connectivity index (χ1) is 10.1. The zero-order valence-corrected chi connectivity index (χ0v) is 12.9. The van der Waals surface area contributed by atoms with Gasteiger partial charge in [0.05, 0.1) is 11.5 Å². The Bertz CT molecular complexity index is 553. The molecule has 21 heavy (non-hydrogen) atoms. The predicted molar refractivity (Wildman–Crippen MR) is 80.3 cm³/mol. The molecule has 5 nitrogen and oxygen atoms in total. The summed E-state index contributed by atoms with van der Waals surface area (Å²) in [6.07, 6.45) is 1.70. The summed E-state index contributed by atoms with van der Waals surface area (Å²) in [7, 11) is -1.25. The van der Waals surface area contributed by atoms with Crippen molar-refractivity contribution >= 4 is 16.8 Å². The fraction of sp³-hybridized carbons (Fsp3) is 0.533. The Morgan fingerprint density at radius 2 is 1.95 bits per heavy atom. The Labute approximate surface area is 127 Å². The van der Waals surface area contributed by atoms with Crippen molar-refractivity contribution in [2.24, 2.45) is 0 Å². The summed E-state index contributed by atoms with van der Waals surface area (Å²) in [6, 6.07) is 7.03. The number of nitrogens with zero attached hydrogens (tertiary/aromatic N) is 1. The molecule has 0 radical (unpaired) electrons. The molecule has 114 valence electrons. The highest BCUT2D eigenvalue weighted by atomic mass is 32.2. The quantitative estimate of drug-likeness (QED) is 0.856. The fourth-order valence-electron chi connectivity index (χ4n) is 2.97. The molecular weight excluding hydrogens is 288 g/mol. The van der Waals surface area contributed by atoms with E-state index in [2.05, 4.69) is 5.32 Å². The Morgan fingerprint density at radius 1 is 1.29 bits per heavy atom. The number of hydrogen-bond acceptors (Lipinski definition) is 4. The van der Waals surface area contributed by atoms with Crippen LogP contribution < -0.4 is 5.32 Å². The van der Waals surface area contributed by atoms with E-state index in [4.69, 9.17) is 4.74 Å². The summed E-state index contributed by atoms with van der Waals surface area (Å²) in [5.41, 5.74) is 0.250. The molecule has 0 amide bonds. The normalized spacial score (nSPS) is 23.3. The fourth-order valence-corrected chi connectivity index (χ4v) is 4.37. The lowest BCUT2D eigenvalue weighted by Crippen LogP contribution is -2.52. The van der Waals surface area contributed by atoms with Crippen LogP contribution in [0.2, 0.25) is 0 Å². The number of nitrogens with one attached hydrogen (secondary N) is 1. The number of rotatable bonds is 3. The maximum atomic E-state index is 12.9. The molecule has 0 bridgehead atoms. The van der Waals surface area contributed by atoms with Crippen LogP contribution in [0.5, 0.6) is 0 Å². The highest BCUT2D eigenvalue weighted by Gasteiger charge is 2.46. The zero-order valence-electron chi connectivity index (χ0n) is 12.1. The van der Waals surface area contributed by atoms with Gasteiger partial charge in [0.15, 0.2) is 5.78 Å². The third-order valence-corrected chi connectivity index (χ3v) is 5.76. The molecule has 0 saturated carbocycles. The van der Waals surface area contributed by atoms with Crippen LogP contribution in [-0.4, -0.2) is 46.3 Å². The first kappa shape index (κ1) is 14.8. The summed E-state index contributed by atoms with van der Waals surface area (Å²) >= 11 is 0. The second-order valence-electron chi connectivity index (χ2n) is 5.48. The van der Waals surface area contributed by atoms with Gasteiger partial charge >= 0.3 is 0 Å². The van der Waals surface area contributed by atoms with Gasteiger partial charge in [0, 0.05) is 24.9 Å². The van der Waals surface area contributed by atoms with Gasteiger partial charge in [-0.05, 0) is 32.1 Å². The van der Waals surface area contributed by atoms with Crippen molar-refractivity contribution in [3.8, 4) is 0 Å². The average molecular weight is 308 g/mol. The molecule has 0 aliphatic carbocycles. The lowest BCUT2D eigenvalue weighted by Gasteiger charge is -2.39. The van der Waals surface area contributed by atoms with Crippen molar-refractivity contribution in [2.75, 3.05) is 26.2 Å². The second-order valence-corrected chi connectivity index (χ2v) is 6.89. The summed E-state index contributed by atoms with van der Waals surface area (Å²) < 4.78 is 20.8. The average Bonchev–Trinajstić information content (AvgIpc) is 2.90. The van der Waals surface area contributed by atoms with Crippen LogP contribution in [-0.2, 0) is 15.7 Å². The van der Waals surface area contributed by atoms with Gasteiger partial charge in [0.2, 0.25) is 0 Å². The highest BCUT2D eigenvalue weighted by molar-refractivity contribution is 7.82. The molecule has 1 unspecified atom stereocenters. The first-order valence-corrected chi connectivity index (χ1v) is 8.38. The van der Waals surface area contributed by atoms with Crippen LogP contribution in [0.4, 0.5) is 0 Å². The van der Waals surface area contributed by atoms with Crippen LogP contribution in [0.3, 0.4) is 0 Å². The molecule has 1 aromatic carbocycles. The van der Waals surface area contributed by atoms with E-state index in [0.29, 0.717) is 18.7 Å². The van der Waals surface area contributed by atoms with Gasteiger partial charge in [-0.15, -0.1) is 0 Å². The van der Waals surface area contributed by atoms with Gasteiger partial charge < -0.3 is 10.1 Å². The van der Waals surface area contributed by atoms with Gasteiger partial charge in [-0.25, -0.2) is 4.21 Å². The minimum absolute atomic E-state index is 0.0201. The van der Waals surface area contributed by atoms with E-state index in [0.717, 1.165) is 30.8 Å². The van der Waals surface area contributed by atoms with Gasteiger partial charge in [-0.2, -0.15) is 4.31 Å². The molecule has 2 saturated heterocycles. The Hall–Kier alpha value is -1.08. The van der Waals surface area contributed by atoms with E-state index in [-0.39, 0.29) is 5.78 Å². The van der Waals surface area contributed by atoms with Crippen LogP contribution >= 0.6 is 0 Å². The monoisotopic (exact) mass is 308 g/mol. The van der Waals surface area contributed by atoms with Gasteiger partial charge in [0.1, 0.15) is 16.7 Å². The summed E-state index contributed by atoms with van der Waals surface area (Å²) in [4.78, 5) is 12.0. The molecule has 1 N–H and O–H groups in total. The zero-order chi connectivity index (χ0) is 14.9. The summed E-state index contributed by atoms with van der Waals surface area (Å²) in [6.45, 7) is 4.61. The van der Waals surface area contributed by atoms with Crippen LogP contribution in [0, 0.1) is 0 Å². The maximum Gasteiger partial charge on any atom is 0.159 e. The topological polar surface area (TPSA) is 58.6 Å². The van der Waals surface area contributed by atoms with Gasteiger partial charge in [-0.1, -0.05) is 12.1 Å². The first-order valence-electron chi connectivity index (χ1n) is 7.28. The Balaban J connectivity index is 1.82. The number of benzene rings is 1. The van der Waals surface area contributed by atoms with E-state index >= 15 is 0 Å². The standard InChI is InChI=1S/C15H20N2O3S/c1-12(18)13-2-4-14(5-3-13)21(19)17-10-11-20-15(17)6-8-16-9-7-15/h2-5,16H,6-11H2,1H3. The van der Waals surface area contributed by atoms with Crippen molar-refractivity contribution < 1.29 is 13.7 Å². The van der Waals surface area contributed by atoms with Gasteiger partial charge in [0.25, 0.3) is 0 Å². The number of Topliss-reactive ketones (excluding diaryl/α,β-unsaturated/α-hetero) is 1. The highest BCUT2D eigenvalue weighted by Crippen LogP contribution is 2.35. The van der Waals surface area contributed by atoms with Crippen molar-refractivity contribution in [3.05, 3.63) is 29.8 Å². The largest absolute Gasteiger partial charge is 0.358 e. The number of carbonyl (C=O) groups is 1. The predicted octanol–water partition coefficient (Wildman–Crippen LogP) is 1.32. The molecule has 2 heterocycles. The van der Waals surface area contributed by atoms with Crippen molar-refractivity contribution in [1.29, 1.82) is 0 Å². The molecule has 2 aliphatic heterocycles. The minimum atomic E-state index is -1.25. The summed E-state index contributed by atoms with van der Waals surface area (Å²) in [5, 5.41) is 3.31. The molecule has 1 spiro atoms. The van der Waals surface area contributed by atoms with Gasteiger partial charge in [-0.3, -0.25) is 4.79 Å². The lowest BCUT2D eigenvalue weighted by molar-refractivity contribution is -0.0689. The van der Waals surface area contributed by atoms with E-state index in [1.807, 2.05) is 4.31 Å². The lowest BCUT2D eigenvalue weighted by atomic mass is 10.0. The second kappa shape index (κ2) is 5.96. The number of ketones is 1. The van der Waals surface area contributed by atoms with E-state index in [1.165, 1.54) is 6.92 Å². The Kier molecular flexibility index (Phi) is 4.21. The number of hydrogen-bond donors (Lipinski definition) is 1. The smallest absolute Gasteiger partial charge is 0.159 e. The van der Waals surface area contributed by atoms with Crippen LogP contribution in [0.25, 0.3) is 0 Å². The van der Waals surface area contributed by atoms with Crippen molar-refractivity contribution in [3.63, 3.8) is 0 Å². The molecule has 1 atom stereocenters. The van der Waals surface area contributed by atoms with Crippen molar-refractivity contribution in [2.45, 2.75) is 30.4 Å². The minimum Gasteiger partial charge on any atom is -0.358 e. The molecule has 2 aliphatic rings. The van der Waals surface area contributed by atoms with Crippen molar-refractivity contribution in [1.82, 2.24) is 9.62 Å². The molecule has 2 fully saturated rings. The maximum absolute atomic E-state index is 12.9. The number of carbonyl (C=O) groups excluding carboxylic acids is 1. The SMILES string of the molecule is CC(=O)c1ccc(S(=O)N2CCOC23CCNCC3)cc1. The molecule has 3 rings (SSSR count). The van der Waals surface area contributed by atoms with E-state index < -0.39 is 16.7 Å². The Morgan fingerprint density at radius 3 is 2.57 bits per heavy atom. The molecule has 6 heteroatoms. The number of piperidine rings is 1. The third-order valence-electron chi connectivity index (χ3n) is 4.17. The molecule has 0 aromatic heterocycles. The molecule has 1 aromatic rings.